The van der Waals surface area contributed by atoms with E-state index in [0.29, 0.717) is 12.0 Å². The summed E-state index contributed by atoms with van der Waals surface area (Å²) in [7, 11) is 4.28. The molecule has 0 unspecified atom stereocenters. The van der Waals surface area contributed by atoms with Gasteiger partial charge in [0.2, 0.25) is 0 Å². The lowest BCUT2D eigenvalue weighted by Gasteiger charge is -2.28. The van der Waals surface area contributed by atoms with Crippen LogP contribution < -0.4 is 10.6 Å². The summed E-state index contributed by atoms with van der Waals surface area (Å²) in [6, 6.07) is 4.69. The lowest BCUT2D eigenvalue weighted by atomic mass is 10.1. The van der Waals surface area contributed by atoms with Gasteiger partial charge in [-0.05, 0) is 36.5 Å². The fraction of sp³-hybridized carbons (Fsp3) is 0.533. The van der Waals surface area contributed by atoms with E-state index < -0.39 is 0 Å². The van der Waals surface area contributed by atoms with Crippen LogP contribution in [0.15, 0.2) is 29.1 Å². The minimum Gasteiger partial charge on any atom is -0.370 e. The third-order valence-corrected chi connectivity index (χ3v) is 4.74. The standard InChI is InChI=1S/C15H23N5S/c1-19(2)14(13-4-6-21-11-13)9-16-7-12-8-17-15-3-5-18-20(15)10-12/h3-6,11-12,14,16-17H,7-10H2,1-2H3/t12-,14-/m1/s1. The number of nitrogens with zero attached hydrogens (tertiary/aromatic N) is 3. The Morgan fingerprint density at radius 3 is 3.19 bits per heavy atom. The summed E-state index contributed by atoms with van der Waals surface area (Å²) < 4.78 is 2.05. The van der Waals surface area contributed by atoms with Gasteiger partial charge < -0.3 is 15.5 Å². The molecule has 114 valence electrons. The topological polar surface area (TPSA) is 45.1 Å². The van der Waals surface area contributed by atoms with Crippen LogP contribution in [-0.2, 0) is 6.54 Å². The highest BCUT2D eigenvalue weighted by atomic mass is 32.1. The minimum atomic E-state index is 0.438. The van der Waals surface area contributed by atoms with Gasteiger partial charge in [0.1, 0.15) is 5.82 Å². The lowest BCUT2D eigenvalue weighted by molar-refractivity contribution is 0.280. The second-order valence-corrected chi connectivity index (χ2v) is 6.62. The highest BCUT2D eigenvalue weighted by Gasteiger charge is 2.19. The molecule has 2 aromatic rings. The van der Waals surface area contributed by atoms with E-state index in [1.807, 2.05) is 12.3 Å². The van der Waals surface area contributed by atoms with Crippen molar-refractivity contribution in [3.8, 4) is 0 Å². The molecule has 5 nitrogen and oxygen atoms in total. The van der Waals surface area contributed by atoms with Crippen molar-refractivity contribution >= 4 is 17.2 Å². The Bertz CT molecular complexity index is 548. The van der Waals surface area contributed by atoms with Crippen LogP contribution in [0.5, 0.6) is 0 Å². The zero-order valence-electron chi connectivity index (χ0n) is 12.6. The molecular formula is C15H23N5S. The average Bonchev–Trinajstić information content (AvgIpc) is 3.13. The van der Waals surface area contributed by atoms with Gasteiger partial charge in [0.15, 0.2) is 0 Å². The van der Waals surface area contributed by atoms with E-state index in [4.69, 9.17) is 0 Å². The Balaban J connectivity index is 1.49. The number of thiophene rings is 1. The molecule has 0 aromatic carbocycles. The zero-order chi connectivity index (χ0) is 14.7. The number of hydrogen-bond donors (Lipinski definition) is 2. The summed E-state index contributed by atoms with van der Waals surface area (Å²) in [4.78, 5) is 2.28. The molecule has 2 aromatic heterocycles. The summed E-state index contributed by atoms with van der Waals surface area (Å²) in [5.41, 5.74) is 1.40. The molecule has 0 aliphatic carbocycles. The van der Waals surface area contributed by atoms with Gasteiger partial charge in [-0.15, -0.1) is 0 Å². The summed E-state index contributed by atoms with van der Waals surface area (Å²) >= 11 is 1.76. The molecular weight excluding hydrogens is 282 g/mol. The predicted octanol–water partition coefficient (Wildman–Crippen LogP) is 1.88. The van der Waals surface area contributed by atoms with E-state index in [1.54, 1.807) is 11.3 Å². The second kappa shape index (κ2) is 6.60. The molecule has 0 bridgehead atoms. The van der Waals surface area contributed by atoms with E-state index in [0.717, 1.165) is 32.0 Å². The Morgan fingerprint density at radius 1 is 1.52 bits per heavy atom. The lowest BCUT2D eigenvalue weighted by Crippen LogP contribution is -2.38. The molecule has 0 saturated carbocycles. The van der Waals surface area contributed by atoms with Crippen LogP contribution in [-0.4, -0.2) is 48.4 Å². The highest BCUT2D eigenvalue weighted by Crippen LogP contribution is 2.20. The summed E-state index contributed by atoms with van der Waals surface area (Å²) in [5.74, 6) is 1.72. The van der Waals surface area contributed by atoms with E-state index in [9.17, 15) is 0 Å². The first-order valence-corrected chi connectivity index (χ1v) is 8.33. The van der Waals surface area contributed by atoms with Gasteiger partial charge in [0.05, 0.1) is 6.20 Å². The van der Waals surface area contributed by atoms with Crippen molar-refractivity contribution in [3.63, 3.8) is 0 Å². The van der Waals surface area contributed by atoms with Crippen LogP contribution in [0.2, 0.25) is 0 Å². The van der Waals surface area contributed by atoms with Crippen molar-refractivity contribution in [3.05, 3.63) is 34.7 Å². The molecule has 6 heteroatoms. The monoisotopic (exact) mass is 305 g/mol. The zero-order valence-corrected chi connectivity index (χ0v) is 13.4. The summed E-state index contributed by atoms with van der Waals surface area (Å²) in [6.45, 7) is 4.00. The third kappa shape index (κ3) is 3.45. The van der Waals surface area contributed by atoms with Crippen LogP contribution >= 0.6 is 11.3 Å². The van der Waals surface area contributed by atoms with Crippen molar-refractivity contribution in [1.82, 2.24) is 20.0 Å². The first-order chi connectivity index (χ1) is 10.2. The normalized spacial score (nSPS) is 19.3. The van der Waals surface area contributed by atoms with Gasteiger partial charge in [-0.1, -0.05) is 0 Å². The van der Waals surface area contributed by atoms with Gasteiger partial charge in [-0.3, -0.25) is 0 Å². The second-order valence-electron chi connectivity index (χ2n) is 5.84. The first-order valence-electron chi connectivity index (χ1n) is 7.39. The molecule has 0 spiro atoms. The summed E-state index contributed by atoms with van der Waals surface area (Å²) in [5, 5.41) is 15.8. The van der Waals surface area contributed by atoms with Gasteiger partial charge in [-0.25, -0.2) is 4.68 Å². The Morgan fingerprint density at radius 2 is 2.43 bits per heavy atom. The predicted molar refractivity (Wildman–Crippen MR) is 87.8 cm³/mol. The van der Waals surface area contributed by atoms with Gasteiger partial charge in [-0.2, -0.15) is 16.4 Å². The molecule has 0 radical (unpaired) electrons. The molecule has 2 atom stereocenters. The summed E-state index contributed by atoms with van der Waals surface area (Å²) in [6.07, 6.45) is 1.86. The van der Waals surface area contributed by atoms with Crippen molar-refractivity contribution in [2.24, 2.45) is 5.92 Å². The van der Waals surface area contributed by atoms with Crippen LogP contribution in [0.4, 0.5) is 5.82 Å². The number of rotatable bonds is 6. The van der Waals surface area contributed by atoms with Crippen LogP contribution in [0.1, 0.15) is 11.6 Å². The first kappa shape index (κ1) is 14.6. The number of hydrogen-bond acceptors (Lipinski definition) is 5. The maximum Gasteiger partial charge on any atom is 0.124 e. The van der Waals surface area contributed by atoms with Crippen molar-refractivity contribution in [2.75, 3.05) is 39.0 Å². The maximum atomic E-state index is 4.34. The Hall–Kier alpha value is -1.37. The van der Waals surface area contributed by atoms with Gasteiger partial charge in [0.25, 0.3) is 0 Å². The Kier molecular flexibility index (Phi) is 4.57. The minimum absolute atomic E-state index is 0.438. The molecule has 0 fully saturated rings. The smallest absolute Gasteiger partial charge is 0.124 e. The van der Waals surface area contributed by atoms with Crippen LogP contribution in [0.25, 0.3) is 0 Å². The van der Waals surface area contributed by atoms with E-state index in [1.165, 1.54) is 5.56 Å². The van der Waals surface area contributed by atoms with Crippen molar-refractivity contribution in [2.45, 2.75) is 12.6 Å². The van der Waals surface area contributed by atoms with Crippen molar-refractivity contribution in [1.29, 1.82) is 0 Å². The van der Waals surface area contributed by atoms with Gasteiger partial charge in [0, 0.05) is 44.2 Å². The maximum absolute atomic E-state index is 4.34. The Labute approximate surface area is 130 Å². The molecule has 1 aliphatic rings. The largest absolute Gasteiger partial charge is 0.370 e. The van der Waals surface area contributed by atoms with E-state index in [2.05, 4.69) is 56.2 Å². The molecule has 1 aliphatic heterocycles. The highest BCUT2D eigenvalue weighted by molar-refractivity contribution is 7.07. The number of aromatic nitrogens is 2. The van der Waals surface area contributed by atoms with Crippen molar-refractivity contribution < 1.29 is 0 Å². The molecule has 0 amide bonds. The van der Waals surface area contributed by atoms with E-state index >= 15 is 0 Å². The SMILES string of the molecule is CN(C)[C@H](CNC[C@@H]1CNc2ccnn2C1)c1ccsc1. The molecule has 0 saturated heterocycles. The number of likely N-dealkylation sites (N-methyl/N-ethyl adjacent to an activating group) is 1. The fourth-order valence-corrected chi connectivity index (χ4v) is 3.52. The molecule has 2 N–H and O–H groups in total. The van der Waals surface area contributed by atoms with Gasteiger partial charge >= 0.3 is 0 Å². The molecule has 3 rings (SSSR count). The molecule has 3 heterocycles. The van der Waals surface area contributed by atoms with Crippen LogP contribution in [0.3, 0.4) is 0 Å². The van der Waals surface area contributed by atoms with E-state index in [-0.39, 0.29) is 0 Å². The number of fused-ring (bicyclic) bond motifs is 1. The quantitative estimate of drug-likeness (QED) is 0.855. The fourth-order valence-electron chi connectivity index (χ4n) is 2.81. The molecule has 21 heavy (non-hydrogen) atoms. The average molecular weight is 305 g/mol. The van der Waals surface area contributed by atoms with Crippen LogP contribution in [0, 0.1) is 5.92 Å². The number of anilines is 1. The number of nitrogens with one attached hydrogen (secondary N) is 2. The third-order valence-electron chi connectivity index (χ3n) is 4.04.